The third kappa shape index (κ3) is 2.90. The van der Waals surface area contributed by atoms with E-state index in [1.165, 1.54) is 38.0 Å². The molecule has 0 amide bonds. The highest BCUT2D eigenvalue weighted by atomic mass is 35.5. The van der Waals surface area contributed by atoms with Gasteiger partial charge in [0.1, 0.15) is 0 Å². The maximum absolute atomic E-state index is 5.65. The van der Waals surface area contributed by atoms with Crippen LogP contribution in [-0.4, -0.2) is 18.1 Å². The number of fused-ring (bicyclic) bond motifs is 1. The first kappa shape index (κ1) is 15.5. The maximum atomic E-state index is 5.65. The Kier molecular flexibility index (Phi) is 5.70. The Morgan fingerprint density at radius 2 is 1.83 bits per heavy atom. The fraction of sp³-hybridized carbons (Fsp3) is 0.615. The number of anilines is 1. The minimum absolute atomic E-state index is 0. The van der Waals surface area contributed by atoms with E-state index in [0.717, 1.165) is 17.4 Å². The Hall–Kier alpha value is -0.510. The molecule has 2 heterocycles. The second-order valence-corrected chi connectivity index (χ2v) is 5.11. The molecule has 2 N–H and O–H groups in total. The zero-order valence-electron chi connectivity index (χ0n) is 10.4. The Labute approximate surface area is 121 Å². The molecule has 0 radical (unpaired) electrons. The summed E-state index contributed by atoms with van der Waals surface area (Å²) in [6.07, 6.45) is 8.11. The largest absolute Gasteiger partial charge is 0.370 e. The summed E-state index contributed by atoms with van der Waals surface area (Å²) in [5.74, 6) is 1.86. The Morgan fingerprint density at radius 1 is 1.17 bits per heavy atom. The molecule has 2 aliphatic rings. The molecule has 0 bridgehead atoms. The highest BCUT2D eigenvalue weighted by Crippen LogP contribution is 2.39. The van der Waals surface area contributed by atoms with Gasteiger partial charge in [0.05, 0.1) is 11.9 Å². The molecule has 1 aromatic heterocycles. The molecule has 1 aliphatic carbocycles. The summed E-state index contributed by atoms with van der Waals surface area (Å²) in [6.45, 7) is 3.03. The Morgan fingerprint density at radius 3 is 2.44 bits per heavy atom. The highest BCUT2D eigenvalue weighted by molar-refractivity contribution is 5.85. The fourth-order valence-corrected chi connectivity index (χ4v) is 3.20. The van der Waals surface area contributed by atoms with Gasteiger partial charge in [-0.05, 0) is 36.3 Å². The first-order chi connectivity index (χ1) is 7.86. The number of aromatic nitrogens is 1. The molecule has 1 aromatic rings. The predicted octanol–water partition coefficient (Wildman–Crippen LogP) is 2.62. The highest BCUT2D eigenvalue weighted by Gasteiger charge is 2.36. The standard InChI is InChI=1S/C13H19N3.2ClH/c14-5-10-4-13(7-15-6-10)16-8-11-2-1-3-12(11)9-16;;/h4,6-7,11-12H,1-3,5,8-9,14H2;2*1H. The van der Waals surface area contributed by atoms with E-state index in [-0.39, 0.29) is 24.8 Å². The summed E-state index contributed by atoms with van der Waals surface area (Å²) in [7, 11) is 0. The zero-order valence-corrected chi connectivity index (χ0v) is 12.1. The van der Waals surface area contributed by atoms with Crippen LogP contribution in [0.25, 0.3) is 0 Å². The van der Waals surface area contributed by atoms with Crippen molar-refractivity contribution in [3.63, 3.8) is 0 Å². The molecule has 2 atom stereocenters. The molecular formula is C13H21Cl2N3. The monoisotopic (exact) mass is 289 g/mol. The molecule has 3 rings (SSSR count). The van der Waals surface area contributed by atoms with E-state index in [1.54, 1.807) is 0 Å². The number of hydrogen-bond acceptors (Lipinski definition) is 3. The van der Waals surface area contributed by atoms with Crippen molar-refractivity contribution in [1.29, 1.82) is 0 Å². The van der Waals surface area contributed by atoms with E-state index >= 15 is 0 Å². The molecule has 18 heavy (non-hydrogen) atoms. The van der Waals surface area contributed by atoms with Crippen LogP contribution < -0.4 is 10.6 Å². The smallest absolute Gasteiger partial charge is 0.0556 e. The molecule has 2 fully saturated rings. The normalized spacial score (nSPS) is 25.3. The van der Waals surface area contributed by atoms with E-state index in [1.807, 2.05) is 12.4 Å². The maximum Gasteiger partial charge on any atom is 0.0556 e. The number of nitrogens with two attached hydrogens (primary N) is 1. The van der Waals surface area contributed by atoms with Gasteiger partial charge in [-0.25, -0.2) is 0 Å². The van der Waals surface area contributed by atoms with E-state index in [9.17, 15) is 0 Å². The summed E-state index contributed by atoms with van der Waals surface area (Å²) >= 11 is 0. The zero-order chi connectivity index (χ0) is 11.0. The van der Waals surface area contributed by atoms with Crippen LogP contribution in [0.5, 0.6) is 0 Å². The molecule has 2 unspecified atom stereocenters. The van der Waals surface area contributed by atoms with Gasteiger partial charge in [-0.3, -0.25) is 4.98 Å². The van der Waals surface area contributed by atoms with Crippen LogP contribution in [0.15, 0.2) is 18.5 Å². The third-order valence-corrected chi connectivity index (χ3v) is 4.11. The van der Waals surface area contributed by atoms with Crippen molar-refractivity contribution >= 4 is 30.5 Å². The molecule has 0 aromatic carbocycles. The van der Waals surface area contributed by atoms with Crippen molar-refractivity contribution in [2.75, 3.05) is 18.0 Å². The van der Waals surface area contributed by atoms with Crippen LogP contribution >= 0.6 is 24.8 Å². The predicted molar refractivity (Wildman–Crippen MR) is 79.7 cm³/mol. The first-order valence-electron chi connectivity index (χ1n) is 6.26. The lowest BCUT2D eigenvalue weighted by Crippen LogP contribution is -2.21. The van der Waals surface area contributed by atoms with Gasteiger partial charge in [-0.2, -0.15) is 0 Å². The molecule has 1 aliphatic heterocycles. The lowest BCUT2D eigenvalue weighted by Gasteiger charge is -2.19. The van der Waals surface area contributed by atoms with E-state index in [4.69, 9.17) is 5.73 Å². The van der Waals surface area contributed by atoms with Crippen molar-refractivity contribution in [2.45, 2.75) is 25.8 Å². The Balaban J connectivity index is 0.000000810. The number of nitrogens with zero attached hydrogens (tertiary/aromatic N) is 2. The van der Waals surface area contributed by atoms with Gasteiger partial charge in [-0.15, -0.1) is 24.8 Å². The average molecular weight is 290 g/mol. The molecule has 1 saturated carbocycles. The second-order valence-electron chi connectivity index (χ2n) is 5.11. The Bertz CT molecular complexity index is 374. The van der Waals surface area contributed by atoms with E-state index < -0.39 is 0 Å². The molecule has 1 saturated heterocycles. The first-order valence-corrected chi connectivity index (χ1v) is 6.26. The second kappa shape index (κ2) is 6.60. The minimum atomic E-state index is 0. The lowest BCUT2D eigenvalue weighted by molar-refractivity contribution is 0.494. The number of hydrogen-bond donors (Lipinski definition) is 1. The van der Waals surface area contributed by atoms with Crippen molar-refractivity contribution in [3.8, 4) is 0 Å². The van der Waals surface area contributed by atoms with Crippen LogP contribution in [0, 0.1) is 11.8 Å². The van der Waals surface area contributed by atoms with Gasteiger partial charge in [-0.1, -0.05) is 6.42 Å². The van der Waals surface area contributed by atoms with Gasteiger partial charge in [0.2, 0.25) is 0 Å². The van der Waals surface area contributed by atoms with Crippen molar-refractivity contribution < 1.29 is 0 Å². The summed E-state index contributed by atoms with van der Waals surface area (Å²) in [4.78, 5) is 6.76. The summed E-state index contributed by atoms with van der Waals surface area (Å²) in [5, 5.41) is 0. The number of pyridine rings is 1. The van der Waals surface area contributed by atoms with Crippen molar-refractivity contribution in [3.05, 3.63) is 24.0 Å². The molecule has 3 nitrogen and oxygen atoms in total. The number of rotatable bonds is 2. The van der Waals surface area contributed by atoms with Gasteiger partial charge in [0.25, 0.3) is 0 Å². The molecular weight excluding hydrogens is 269 g/mol. The summed E-state index contributed by atoms with van der Waals surface area (Å²) < 4.78 is 0. The molecule has 102 valence electrons. The third-order valence-electron chi connectivity index (χ3n) is 4.11. The molecule has 0 spiro atoms. The minimum Gasteiger partial charge on any atom is -0.370 e. The van der Waals surface area contributed by atoms with Crippen molar-refractivity contribution in [2.24, 2.45) is 17.6 Å². The van der Waals surface area contributed by atoms with Crippen LogP contribution in [0.2, 0.25) is 0 Å². The topological polar surface area (TPSA) is 42.1 Å². The summed E-state index contributed by atoms with van der Waals surface area (Å²) in [6, 6.07) is 2.19. The SMILES string of the molecule is Cl.Cl.NCc1cncc(N2CC3CCCC3C2)c1. The van der Waals surface area contributed by atoms with E-state index in [0.29, 0.717) is 6.54 Å². The molecule has 5 heteroatoms. The summed E-state index contributed by atoms with van der Waals surface area (Å²) in [5.41, 5.74) is 8.05. The van der Waals surface area contributed by atoms with Crippen molar-refractivity contribution in [1.82, 2.24) is 4.98 Å². The van der Waals surface area contributed by atoms with Gasteiger partial charge in [0.15, 0.2) is 0 Å². The quantitative estimate of drug-likeness (QED) is 0.910. The number of halogens is 2. The van der Waals surface area contributed by atoms with Gasteiger partial charge in [0, 0.05) is 25.8 Å². The average Bonchev–Trinajstić information content (AvgIpc) is 2.89. The fourth-order valence-electron chi connectivity index (χ4n) is 3.20. The van der Waals surface area contributed by atoms with Crippen LogP contribution in [-0.2, 0) is 6.54 Å². The van der Waals surface area contributed by atoms with Crippen LogP contribution in [0.3, 0.4) is 0 Å². The van der Waals surface area contributed by atoms with E-state index in [2.05, 4.69) is 16.0 Å². The van der Waals surface area contributed by atoms with Crippen LogP contribution in [0.1, 0.15) is 24.8 Å². The van der Waals surface area contributed by atoms with Gasteiger partial charge < -0.3 is 10.6 Å². The lowest BCUT2D eigenvalue weighted by atomic mass is 10.0. The van der Waals surface area contributed by atoms with Gasteiger partial charge >= 0.3 is 0 Å². The van der Waals surface area contributed by atoms with Crippen LogP contribution in [0.4, 0.5) is 5.69 Å².